The number of methoxy groups -OCH3 is 1. The minimum absolute atomic E-state index is 0.452. The van der Waals surface area contributed by atoms with Crippen LogP contribution in [0.4, 0.5) is 34.5 Å². The summed E-state index contributed by atoms with van der Waals surface area (Å²) in [6, 6.07) is 8.17. The molecule has 0 amide bonds. The molecule has 2 aromatic heterocycles. The molecule has 39 heavy (non-hydrogen) atoms. The number of nitrogens with one attached hydrogen (secondary N) is 3. The van der Waals surface area contributed by atoms with Crippen molar-refractivity contribution < 1.29 is 4.74 Å². The Balaban J connectivity index is 1.44. The number of fused-ring (bicyclic) bond motifs is 1. The van der Waals surface area contributed by atoms with E-state index in [-0.39, 0.29) is 0 Å². The number of likely N-dealkylation sites (N-methyl/N-ethyl adjacent to an activating group) is 1. The van der Waals surface area contributed by atoms with Gasteiger partial charge in [0.15, 0.2) is 0 Å². The van der Waals surface area contributed by atoms with Crippen LogP contribution in [0.1, 0.15) is 12.5 Å². The molecular formula is C27H32BrN9OS. The predicted molar refractivity (Wildman–Crippen MR) is 165 cm³/mol. The van der Waals surface area contributed by atoms with Gasteiger partial charge >= 0.3 is 0 Å². The smallest absolute Gasteiger partial charge is 0.229 e. The molecule has 204 valence electrons. The predicted octanol–water partition coefficient (Wildman–Crippen LogP) is 5.68. The molecule has 10 nitrogen and oxygen atoms in total. The van der Waals surface area contributed by atoms with Crippen LogP contribution in [0, 0.1) is 0 Å². The highest BCUT2D eigenvalue weighted by molar-refractivity contribution is 9.10. The quantitative estimate of drug-likeness (QED) is 0.204. The van der Waals surface area contributed by atoms with Gasteiger partial charge < -0.3 is 29.9 Å². The van der Waals surface area contributed by atoms with Crippen molar-refractivity contribution in [2.75, 3.05) is 66.8 Å². The summed E-state index contributed by atoms with van der Waals surface area (Å²) in [5.74, 6) is 1.82. The Morgan fingerprint density at radius 2 is 1.82 bits per heavy atom. The first-order chi connectivity index (χ1) is 19.0. The van der Waals surface area contributed by atoms with Crippen LogP contribution in [0.3, 0.4) is 0 Å². The number of benzene rings is 2. The van der Waals surface area contributed by atoms with Crippen LogP contribution in [0.2, 0.25) is 0 Å². The van der Waals surface area contributed by atoms with Crippen LogP contribution in [-0.2, 0) is 6.42 Å². The normalized spacial score (nSPS) is 13.9. The molecule has 0 aliphatic carbocycles. The molecule has 1 fully saturated rings. The lowest BCUT2D eigenvalue weighted by atomic mass is 10.1. The van der Waals surface area contributed by atoms with Gasteiger partial charge in [-0.1, -0.05) is 18.9 Å². The molecule has 0 bridgehead atoms. The van der Waals surface area contributed by atoms with Crippen molar-refractivity contribution in [3.05, 3.63) is 52.9 Å². The standard InChI is InChI=1S/C27H32BrN9OS/c1-5-17-14-21(23(38-3)15-22(17)37-12-10-36(2)11-13-37)33-27-31-16-18(28)26(34-27)32-20-7-6-19-24(25(20)35-39-4)30-9-8-29-19/h6-9,14-16,35H,5,10-13H2,1-4H3,(H2,31,32,33,34). The molecule has 12 heteroatoms. The molecule has 2 aromatic carbocycles. The van der Waals surface area contributed by atoms with Crippen molar-refractivity contribution in [3.8, 4) is 5.75 Å². The number of nitrogens with zero attached hydrogens (tertiary/aromatic N) is 6. The number of piperazine rings is 1. The fourth-order valence-corrected chi connectivity index (χ4v) is 5.32. The van der Waals surface area contributed by atoms with E-state index in [4.69, 9.17) is 9.72 Å². The summed E-state index contributed by atoms with van der Waals surface area (Å²) < 4.78 is 9.86. The van der Waals surface area contributed by atoms with E-state index in [0.717, 1.165) is 70.9 Å². The Labute approximate surface area is 241 Å². The second-order valence-electron chi connectivity index (χ2n) is 9.18. The third-order valence-electron chi connectivity index (χ3n) is 6.71. The Hall–Kier alpha value is -3.35. The fourth-order valence-electron chi connectivity index (χ4n) is 4.61. The van der Waals surface area contributed by atoms with E-state index < -0.39 is 0 Å². The van der Waals surface area contributed by atoms with E-state index >= 15 is 0 Å². The van der Waals surface area contributed by atoms with Gasteiger partial charge in [-0.25, -0.2) is 4.98 Å². The van der Waals surface area contributed by atoms with Crippen molar-refractivity contribution in [1.29, 1.82) is 0 Å². The van der Waals surface area contributed by atoms with Crippen molar-refractivity contribution in [1.82, 2.24) is 24.8 Å². The fraction of sp³-hybridized carbons (Fsp3) is 0.333. The monoisotopic (exact) mass is 609 g/mol. The highest BCUT2D eigenvalue weighted by Crippen LogP contribution is 2.37. The van der Waals surface area contributed by atoms with Crippen molar-refractivity contribution in [2.24, 2.45) is 0 Å². The van der Waals surface area contributed by atoms with Crippen LogP contribution < -0.4 is 25.0 Å². The summed E-state index contributed by atoms with van der Waals surface area (Å²) in [7, 11) is 3.86. The van der Waals surface area contributed by atoms with Crippen LogP contribution in [-0.4, -0.2) is 71.4 Å². The van der Waals surface area contributed by atoms with Crippen molar-refractivity contribution >= 4 is 73.4 Å². The summed E-state index contributed by atoms with van der Waals surface area (Å²) in [6.45, 7) is 6.27. The number of aromatic nitrogens is 4. The minimum atomic E-state index is 0.452. The lowest BCUT2D eigenvalue weighted by Gasteiger charge is -2.35. The van der Waals surface area contributed by atoms with Crippen molar-refractivity contribution in [2.45, 2.75) is 13.3 Å². The molecule has 1 saturated heterocycles. The van der Waals surface area contributed by atoms with Gasteiger partial charge in [0.2, 0.25) is 5.95 Å². The number of hydrogen-bond donors (Lipinski definition) is 3. The number of ether oxygens (including phenoxy) is 1. The largest absolute Gasteiger partial charge is 0.494 e. The Bertz CT molecular complexity index is 1460. The van der Waals surface area contributed by atoms with Crippen LogP contribution in [0.25, 0.3) is 11.0 Å². The zero-order chi connectivity index (χ0) is 27.4. The maximum absolute atomic E-state index is 5.80. The maximum atomic E-state index is 5.80. The van der Waals surface area contributed by atoms with Gasteiger partial charge in [0.1, 0.15) is 17.1 Å². The molecule has 3 heterocycles. The molecule has 0 unspecified atom stereocenters. The number of halogens is 1. The Morgan fingerprint density at radius 1 is 1.03 bits per heavy atom. The molecule has 4 aromatic rings. The minimum Gasteiger partial charge on any atom is -0.494 e. The summed E-state index contributed by atoms with van der Waals surface area (Å²) >= 11 is 5.08. The topological polar surface area (TPSA) is 103 Å². The molecule has 3 N–H and O–H groups in total. The molecule has 5 rings (SSSR count). The van der Waals surface area contributed by atoms with Gasteiger partial charge in [-0.15, -0.1) is 0 Å². The average Bonchev–Trinajstić information content (AvgIpc) is 2.96. The van der Waals surface area contributed by atoms with Gasteiger partial charge in [0.25, 0.3) is 0 Å². The number of hydrogen-bond acceptors (Lipinski definition) is 11. The Morgan fingerprint density at radius 3 is 2.56 bits per heavy atom. The van der Waals surface area contributed by atoms with E-state index in [0.29, 0.717) is 11.8 Å². The molecule has 1 aliphatic heterocycles. The van der Waals surface area contributed by atoms with Gasteiger partial charge in [0, 0.05) is 62.8 Å². The summed E-state index contributed by atoms with van der Waals surface area (Å²) in [5, 5.41) is 6.81. The van der Waals surface area contributed by atoms with Gasteiger partial charge in [0.05, 0.1) is 34.2 Å². The van der Waals surface area contributed by atoms with Crippen LogP contribution >= 0.6 is 27.9 Å². The van der Waals surface area contributed by atoms with Crippen molar-refractivity contribution in [3.63, 3.8) is 0 Å². The van der Waals surface area contributed by atoms with Gasteiger partial charge in [-0.05, 0) is 53.2 Å². The molecular weight excluding hydrogens is 578 g/mol. The van der Waals surface area contributed by atoms with Crippen LogP contribution in [0.15, 0.2) is 47.3 Å². The lowest BCUT2D eigenvalue weighted by molar-refractivity contribution is 0.312. The highest BCUT2D eigenvalue weighted by atomic mass is 79.9. The first kappa shape index (κ1) is 27.2. The maximum Gasteiger partial charge on any atom is 0.229 e. The van der Waals surface area contributed by atoms with E-state index in [2.05, 4.69) is 82.1 Å². The molecule has 0 spiro atoms. The molecule has 1 aliphatic rings. The lowest BCUT2D eigenvalue weighted by Crippen LogP contribution is -2.44. The summed E-state index contributed by atoms with van der Waals surface area (Å²) in [5.41, 5.74) is 6.54. The second kappa shape index (κ2) is 12.2. The van der Waals surface area contributed by atoms with E-state index in [1.165, 1.54) is 23.2 Å². The van der Waals surface area contributed by atoms with Crippen LogP contribution in [0.5, 0.6) is 5.75 Å². The average molecular weight is 611 g/mol. The van der Waals surface area contributed by atoms with Gasteiger partial charge in [-0.2, -0.15) is 4.98 Å². The number of anilines is 6. The zero-order valence-electron chi connectivity index (χ0n) is 22.5. The van der Waals surface area contributed by atoms with E-state index in [9.17, 15) is 0 Å². The SMILES string of the molecule is CCc1cc(Nc2ncc(Br)c(Nc3ccc4nccnc4c3NSC)n2)c(OC)cc1N1CCN(C)CC1. The highest BCUT2D eigenvalue weighted by Gasteiger charge is 2.20. The second-order valence-corrected chi connectivity index (χ2v) is 10.7. The zero-order valence-corrected chi connectivity index (χ0v) is 24.9. The number of rotatable bonds is 9. The molecule has 0 saturated carbocycles. The number of aryl methyl sites for hydroxylation is 1. The third kappa shape index (κ3) is 5.97. The summed E-state index contributed by atoms with van der Waals surface area (Å²) in [4.78, 5) is 23.0. The molecule has 0 atom stereocenters. The Kier molecular flexibility index (Phi) is 8.53. The summed E-state index contributed by atoms with van der Waals surface area (Å²) in [6.07, 6.45) is 7.98. The van der Waals surface area contributed by atoms with Gasteiger partial charge in [-0.3, -0.25) is 9.97 Å². The first-order valence-corrected chi connectivity index (χ1v) is 14.8. The van der Waals surface area contributed by atoms with E-state index in [1.807, 2.05) is 18.4 Å². The van der Waals surface area contributed by atoms with E-state index in [1.54, 1.807) is 25.7 Å². The first-order valence-electron chi connectivity index (χ1n) is 12.7. The molecule has 0 radical (unpaired) electrons. The third-order valence-corrected chi connectivity index (χ3v) is 7.70.